The molecule has 0 atom stereocenters. The van der Waals surface area contributed by atoms with Crippen molar-refractivity contribution in [3.8, 4) is 5.75 Å². The van der Waals surface area contributed by atoms with Crippen LogP contribution in [0, 0.1) is 0 Å². The van der Waals surface area contributed by atoms with Crippen LogP contribution in [0.3, 0.4) is 0 Å². The Hall–Kier alpha value is -2.10. The largest absolute Gasteiger partial charge is 0.489 e. The van der Waals surface area contributed by atoms with Gasteiger partial charge >= 0.3 is 5.97 Å². The molecule has 19 heavy (non-hydrogen) atoms. The number of hydrogen-bond acceptors (Lipinski definition) is 3. The first-order valence-electron chi connectivity index (χ1n) is 6.08. The fourth-order valence-corrected chi connectivity index (χ4v) is 1.52. The van der Waals surface area contributed by atoms with Crippen molar-refractivity contribution >= 4 is 11.8 Å². The number of ketones is 1. The second kappa shape index (κ2) is 7.36. The summed E-state index contributed by atoms with van der Waals surface area (Å²) in [7, 11) is 0. The smallest absolute Gasteiger partial charge is 0.328 e. The summed E-state index contributed by atoms with van der Waals surface area (Å²) in [5.41, 5.74) is 1.73. The number of carboxylic acids is 1. The third-order valence-electron chi connectivity index (χ3n) is 2.53. The summed E-state index contributed by atoms with van der Waals surface area (Å²) in [5, 5.41) is 8.56. The van der Waals surface area contributed by atoms with Crippen LogP contribution in [0.25, 0.3) is 0 Å². The van der Waals surface area contributed by atoms with Gasteiger partial charge in [-0.05, 0) is 43.5 Å². The molecular formula is C15H18O4. The van der Waals surface area contributed by atoms with Gasteiger partial charge in [-0.15, -0.1) is 0 Å². The Labute approximate surface area is 112 Å². The summed E-state index contributed by atoms with van der Waals surface area (Å²) in [4.78, 5) is 21.3. The number of carbonyl (C=O) groups excluding carboxylic acids is 1. The maximum Gasteiger partial charge on any atom is 0.328 e. The molecule has 1 aromatic rings. The van der Waals surface area contributed by atoms with Gasteiger partial charge in [-0.2, -0.15) is 0 Å². The van der Waals surface area contributed by atoms with E-state index in [4.69, 9.17) is 9.84 Å². The van der Waals surface area contributed by atoms with Crippen molar-refractivity contribution in [3.05, 3.63) is 41.5 Å². The summed E-state index contributed by atoms with van der Waals surface area (Å²) < 4.78 is 5.45. The van der Waals surface area contributed by atoms with Crippen LogP contribution < -0.4 is 4.74 Å². The fourth-order valence-electron chi connectivity index (χ4n) is 1.52. The number of aryl methyl sites for hydroxylation is 1. The molecular weight excluding hydrogens is 244 g/mol. The van der Waals surface area contributed by atoms with E-state index in [0.29, 0.717) is 17.7 Å². The van der Waals surface area contributed by atoms with Crippen molar-refractivity contribution in [2.24, 2.45) is 0 Å². The first-order chi connectivity index (χ1) is 8.97. The number of benzene rings is 1. The molecule has 0 radical (unpaired) electrons. The number of ether oxygens (including phenoxy) is 1. The number of rotatable bonds is 7. The minimum absolute atomic E-state index is 0.176. The van der Waals surface area contributed by atoms with Crippen LogP contribution in [0.1, 0.15) is 25.8 Å². The molecule has 4 nitrogen and oxygen atoms in total. The van der Waals surface area contributed by atoms with Crippen LogP contribution in [0.15, 0.2) is 35.9 Å². The molecule has 0 aliphatic heterocycles. The van der Waals surface area contributed by atoms with Crippen molar-refractivity contribution in [3.63, 3.8) is 0 Å². The van der Waals surface area contributed by atoms with E-state index in [1.165, 1.54) is 0 Å². The lowest BCUT2D eigenvalue weighted by Gasteiger charge is -2.07. The van der Waals surface area contributed by atoms with Crippen LogP contribution in [0.4, 0.5) is 0 Å². The molecule has 4 heteroatoms. The predicted molar refractivity (Wildman–Crippen MR) is 72.3 cm³/mol. The topological polar surface area (TPSA) is 63.6 Å². The normalized spacial score (nSPS) is 11.2. The van der Waals surface area contributed by atoms with Crippen molar-refractivity contribution in [1.82, 2.24) is 0 Å². The van der Waals surface area contributed by atoms with Gasteiger partial charge in [0, 0.05) is 12.5 Å². The molecule has 1 N–H and O–H groups in total. The number of hydrogen-bond donors (Lipinski definition) is 1. The SMILES string of the molecule is CC(=O)CCc1ccc(OCC(C)=CC(=O)O)cc1. The van der Waals surface area contributed by atoms with Crippen LogP contribution >= 0.6 is 0 Å². The third-order valence-corrected chi connectivity index (χ3v) is 2.53. The minimum Gasteiger partial charge on any atom is -0.489 e. The Morgan fingerprint density at radius 3 is 2.37 bits per heavy atom. The van der Waals surface area contributed by atoms with Gasteiger partial charge in [-0.3, -0.25) is 0 Å². The zero-order chi connectivity index (χ0) is 14.3. The maximum atomic E-state index is 10.9. The van der Waals surface area contributed by atoms with Gasteiger partial charge in [0.15, 0.2) is 0 Å². The van der Waals surface area contributed by atoms with E-state index >= 15 is 0 Å². The van der Waals surface area contributed by atoms with Crippen molar-refractivity contribution in [1.29, 1.82) is 0 Å². The molecule has 0 aliphatic rings. The Morgan fingerprint density at radius 2 is 1.84 bits per heavy atom. The van der Waals surface area contributed by atoms with Crippen molar-refractivity contribution in [2.45, 2.75) is 26.7 Å². The highest BCUT2D eigenvalue weighted by atomic mass is 16.5. The standard InChI is InChI=1S/C15H18O4/c1-11(9-15(17)18)10-19-14-7-5-13(6-8-14)4-3-12(2)16/h5-9H,3-4,10H2,1-2H3,(H,17,18). The molecule has 102 valence electrons. The Morgan fingerprint density at radius 1 is 1.21 bits per heavy atom. The van der Waals surface area contributed by atoms with Crippen molar-refractivity contribution < 1.29 is 19.4 Å². The lowest BCUT2D eigenvalue weighted by molar-refractivity contribution is -0.131. The van der Waals surface area contributed by atoms with E-state index in [2.05, 4.69) is 0 Å². The van der Waals surface area contributed by atoms with Crippen LogP contribution in [0.5, 0.6) is 5.75 Å². The minimum atomic E-state index is -0.972. The predicted octanol–water partition coefficient (Wildman–Crippen LogP) is 2.62. The molecule has 0 fully saturated rings. The van der Waals surface area contributed by atoms with Gasteiger partial charge < -0.3 is 14.6 Å². The van der Waals surface area contributed by atoms with Crippen LogP contribution in [-0.2, 0) is 16.0 Å². The fraction of sp³-hybridized carbons (Fsp3) is 0.333. The van der Waals surface area contributed by atoms with Gasteiger partial charge in [0.2, 0.25) is 0 Å². The Balaban J connectivity index is 2.48. The van der Waals surface area contributed by atoms with Gasteiger partial charge in [-0.1, -0.05) is 12.1 Å². The number of aliphatic carboxylic acids is 1. The number of carboxylic acid groups (broad SMARTS) is 1. The number of carbonyl (C=O) groups is 2. The molecule has 0 saturated heterocycles. The second-order valence-corrected chi connectivity index (χ2v) is 4.46. The highest BCUT2D eigenvalue weighted by molar-refractivity contribution is 5.80. The first kappa shape index (κ1) is 15.0. The van der Waals surface area contributed by atoms with E-state index in [0.717, 1.165) is 18.1 Å². The molecule has 0 spiro atoms. The van der Waals surface area contributed by atoms with E-state index in [1.807, 2.05) is 24.3 Å². The summed E-state index contributed by atoms with van der Waals surface area (Å²) in [6, 6.07) is 7.47. The molecule has 0 heterocycles. The summed E-state index contributed by atoms with van der Waals surface area (Å²) in [6.45, 7) is 3.53. The second-order valence-electron chi connectivity index (χ2n) is 4.46. The van der Waals surface area contributed by atoms with Crippen molar-refractivity contribution in [2.75, 3.05) is 6.61 Å². The molecule has 1 aromatic carbocycles. The lowest BCUT2D eigenvalue weighted by atomic mass is 10.1. The number of Topliss-reactive ketones (excluding diaryl/α,β-unsaturated/α-hetero) is 1. The highest BCUT2D eigenvalue weighted by Crippen LogP contribution is 2.14. The zero-order valence-corrected chi connectivity index (χ0v) is 11.2. The third kappa shape index (κ3) is 6.41. The zero-order valence-electron chi connectivity index (χ0n) is 11.2. The molecule has 0 saturated carbocycles. The van der Waals surface area contributed by atoms with E-state index in [9.17, 15) is 9.59 Å². The molecule has 0 aliphatic carbocycles. The van der Waals surface area contributed by atoms with Gasteiger partial charge in [0.1, 0.15) is 18.1 Å². The van der Waals surface area contributed by atoms with E-state index < -0.39 is 5.97 Å². The monoisotopic (exact) mass is 262 g/mol. The molecule has 0 aromatic heterocycles. The molecule has 1 rings (SSSR count). The van der Waals surface area contributed by atoms with E-state index in [-0.39, 0.29) is 12.4 Å². The van der Waals surface area contributed by atoms with Gasteiger partial charge in [0.05, 0.1) is 0 Å². The Bertz CT molecular complexity index is 471. The average molecular weight is 262 g/mol. The average Bonchev–Trinajstić information content (AvgIpc) is 2.34. The Kier molecular flexibility index (Phi) is 5.79. The highest BCUT2D eigenvalue weighted by Gasteiger charge is 2.00. The summed E-state index contributed by atoms with van der Waals surface area (Å²) in [6.07, 6.45) is 2.40. The molecule has 0 amide bonds. The van der Waals surface area contributed by atoms with Gasteiger partial charge in [0.25, 0.3) is 0 Å². The first-order valence-corrected chi connectivity index (χ1v) is 6.08. The van der Waals surface area contributed by atoms with Crippen LogP contribution in [-0.4, -0.2) is 23.5 Å². The molecule has 0 bridgehead atoms. The lowest BCUT2D eigenvalue weighted by Crippen LogP contribution is -2.01. The quantitative estimate of drug-likeness (QED) is 0.767. The van der Waals surface area contributed by atoms with Crippen LogP contribution in [0.2, 0.25) is 0 Å². The summed E-state index contributed by atoms with van der Waals surface area (Å²) in [5.74, 6) is -0.111. The van der Waals surface area contributed by atoms with E-state index in [1.54, 1.807) is 13.8 Å². The maximum absolute atomic E-state index is 10.9. The van der Waals surface area contributed by atoms with Gasteiger partial charge in [-0.25, -0.2) is 4.79 Å². The molecule has 0 unspecified atom stereocenters. The summed E-state index contributed by atoms with van der Waals surface area (Å²) >= 11 is 0.